The van der Waals surface area contributed by atoms with Crippen LogP contribution < -0.4 is 5.73 Å². The predicted octanol–water partition coefficient (Wildman–Crippen LogP) is 3.83. The number of methoxy groups -OCH3 is 1. The van der Waals surface area contributed by atoms with Crippen molar-refractivity contribution >= 4 is 16.6 Å². The molecule has 2 aliphatic rings. The van der Waals surface area contributed by atoms with Gasteiger partial charge in [-0.05, 0) is 32.8 Å². The molecule has 1 heterocycles. The first-order valence-corrected chi connectivity index (χ1v) is 7.94. The smallest absolute Gasteiger partial charge is 0.0789 e. The standard InChI is InChI=1S/C19H22N2O/c1-11-8-12-10-16-17(14(9-11)19(12,2)22-3)18(20)13-6-4-5-7-15(13)21-16/h4-8,12,14H,9-10H2,1-3H3,(H2,20,21)/t12-,14-,19+/m0/s1. The lowest BCUT2D eigenvalue weighted by Gasteiger charge is -2.49. The number of nitrogen functional groups attached to an aromatic ring is 1. The maximum absolute atomic E-state index is 6.58. The van der Waals surface area contributed by atoms with Crippen LogP contribution in [0.2, 0.25) is 0 Å². The third-order valence-electron chi connectivity index (χ3n) is 5.69. The van der Waals surface area contributed by atoms with Gasteiger partial charge in [-0.1, -0.05) is 29.8 Å². The van der Waals surface area contributed by atoms with Crippen LogP contribution in [0.15, 0.2) is 35.9 Å². The van der Waals surface area contributed by atoms with Gasteiger partial charge in [-0.3, -0.25) is 4.98 Å². The molecule has 0 unspecified atom stereocenters. The van der Waals surface area contributed by atoms with E-state index in [0.717, 1.165) is 35.1 Å². The molecular formula is C19H22N2O. The zero-order valence-electron chi connectivity index (χ0n) is 13.4. The molecule has 0 fully saturated rings. The average Bonchev–Trinajstić information content (AvgIpc) is 2.50. The summed E-state index contributed by atoms with van der Waals surface area (Å²) in [6.45, 7) is 4.44. The number of aromatic nitrogens is 1. The Balaban J connectivity index is 2.01. The van der Waals surface area contributed by atoms with E-state index in [9.17, 15) is 0 Å². The van der Waals surface area contributed by atoms with Crippen molar-refractivity contribution < 1.29 is 4.74 Å². The van der Waals surface area contributed by atoms with Crippen molar-refractivity contribution in [1.29, 1.82) is 0 Å². The van der Waals surface area contributed by atoms with Gasteiger partial charge < -0.3 is 10.5 Å². The number of rotatable bonds is 1. The van der Waals surface area contributed by atoms with E-state index in [1.165, 1.54) is 11.1 Å². The van der Waals surface area contributed by atoms with E-state index in [0.29, 0.717) is 5.92 Å². The topological polar surface area (TPSA) is 48.1 Å². The fraction of sp³-hybridized carbons (Fsp3) is 0.421. The van der Waals surface area contributed by atoms with Crippen molar-refractivity contribution in [3.63, 3.8) is 0 Å². The van der Waals surface area contributed by atoms with Gasteiger partial charge in [0.05, 0.1) is 11.1 Å². The highest BCUT2D eigenvalue weighted by molar-refractivity contribution is 5.92. The zero-order valence-corrected chi connectivity index (χ0v) is 13.4. The maximum Gasteiger partial charge on any atom is 0.0789 e. The van der Waals surface area contributed by atoms with E-state index < -0.39 is 0 Å². The van der Waals surface area contributed by atoms with E-state index in [1.807, 2.05) is 25.3 Å². The summed E-state index contributed by atoms with van der Waals surface area (Å²) in [4.78, 5) is 4.92. The molecule has 0 aliphatic heterocycles. The predicted molar refractivity (Wildman–Crippen MR) is 89.9 cm³/mol. The fourth-order valence-electron chi connectivity index (χ4n) is 4.36. The van der Waals surface area contributed by atoms with Gasteiger partial charge in [-0.15, -0.1) is 0 Å². The first kappa shape index (κ1) is 13.8. The number of allylic oxidation sites excluding steroid dienone is 1. The minimum absolute atomic E-state index is 0.190. The minimum Gasteiger partial charge on any atom is -0.398 e. The first-order valence-electron chi connectivity index (χ1n) is 7.94. The van der Waals surface area contributed by atoms with Crippen molar-refractivity contribution in [3.05, 3.63) is 47.2 Å². The number of nitrogens with two attached hydrogens (primary N) is 1. The summed E-state index contributed by atoms with van der Waals surface area (Å²) < 4.78 is 5.99. The highest BCUT2D eigenvalue weighted by Crippen LogP contribution is 2.53. The first-order chi connectivity index (χ1) is 10.5. The molecule has 0 spiro atoms. The second-order valence-electron chi connectivity index (χ2n) is 6.87. The van der Waals surface area contributed by atoms with Crippen molar-refractivity contribution in [2.75, 3.05) is 12.8 Å². The number of hydrogen-bond donors (Lipinski definition) is 1. The van der Waals surface area contributed by atoms with Crippen molar-refractivity contribution in [2.45, 2.75) is 38.2 Å². The van der Waals surface area contributed by atoms with Crippen LogP contribution in [-0.2, 0) is 11.2 Å². The molecule has 1 aromatic carbocycles. The second-order valence-corrected chi connectivity index (χ2v) is 6.87. The van der Waals surface area contributed by atoms with E-state index in [1.54, 1.807) is 0 Å². The highest BCUT2D eigenvalue weighted by Gasteiger charge is 2.49. The van der Waals surface area contributed by atoms with Crippen molar-refractivity contribution in [3.8, 4) is 0 Å². The molecule has 3 nitrogen and oxygen atoms in total. The SMILES string of the molecule is CO[C@]1(C)[C@H]2C=C(C)C[C@H]1c1c(nc3ccccc3c1N)C2. The van der Waals surface area contributed by atoms with Crippen LogP contribution in [0.3, 0.4) is 0 Å². The zero-order chi connectivity index (χ0) is 15.5. The Bertz CT molecular complexity index is 795. The number of fused-ring (bicyclic) bond motifs is 5. The number of hydrogen-bond acceptors (Lipinski definition) is 3. The molecular weight excluding hydrogens is 272 g/mol. The number of nitrogens with zero attached hydrogens (tertiary/aromatic N) is 1. The number of ether oxygens (including phenoxy) is 1. The molecule has 3 heteroatoms. The molecule has 0 saturated heterocycles. The Kier molecular flexibility index (Phi) is 2.85. The summed E-state index contributed by atoms with van der Waals surface area (Å²) in [5.74, 6) is 0.658. The largest absolute Gasteiger partial charge is 0.398 e. The van der Waals surface area contributed by atoms with Crippen LogP contribution in [-0.4, -0.2) is 17.7 Å². The van der Waals surface area contributed by atoms with Gasteiger partial charge in [0.2, 0.25) is 0 Å². The lowest BCUT2D eigenvalue weighted by molar-refractivity contribution is -0.0618. The normalized spacial score (nSPS) is 30.0. The Morgan fingerprint density at radius 1 is 1.27 bits per heavy atom. The van der Waals surface area contributed by atoms with Crippen LogP contribution in [0, 0.1) is 5.92 Å². The Morgan fingerprint density at radius 3 is 2.82 bits per heavy atom. The van der Waals surface area contributed by atoms with Crippen LogP contribution in [0.5, 0.6) is 0 Å². The van der Waals surface area contributed by atoms with Crippen LogP contribution in [0.4, 0.5) is 5.69 Å². The molecule has 22 heavy (non-hydrogen) atoms. The van der Waals surface area contributed by atoms with E-state index >= 15 is 0 Å². The summed E-state index contributed by atoms with van der Waals surface area (Å²) in [7, 11) is 1.82. The molecule has 2 bridgehead atoms. The molecule has 0 saturated carbocycles. The summed E-state index contributed by atoms with van der Waals surface area (Å²) >= 11 is 0. The average molecular weight is 294 g/mol. The van der Waals surface area contributed by atoms with Gasteiger partial charge in [0, 0.05) is 41.3 Å². The second kappa shape index (κ2) is 4.56. The van der Waals surface area contributed by atoms with Gasteiger partial charge in [-0.2, -0.15) is 0 Å². The Labute approximate surface area is 131 Å². The monoisotopic (exact) mass is 294 g/mol. The van der Waals surface area contributed by atoms with Crippen molar-refractivity contribution in [1.82, 2.24) is 4.98 Å². The fourth-order valence-corrected chi connectivity index (χ4v) is 4.36. The lowest BCUT2D eigenvalue weighted by Crippen LogP contribution is -2.49. The lowest BCUT2D eigenvalue weighted by atomic mass is 9.61. The van der Waals surface area contributed by atoms with Gasteiger partial charge in [0.15, 0.2) is 0 Å². The third-order valence-corrected chi connectivity index (χ3v) is 5.69. The Hall–Kier alpha value is -1.87. The highest BCUT2D eigenvalue weighted by atomic mass is 16.5. The molecule has 114 valence electrons. The van der Waals surface area contributed by atoms with Crippen LogP contribution in [0.1, 0.15) is 37.4 Å². The maximum atomic E-state index is 6.58. The van der Waals surface area contributed by atoms with E-state index in [-0.39, 0.29) is 11.5 Å². The summed E-state index contributed by atoms with van der Waals surface area (Å²) in [5, 5.41) is 1.06. The number of pyridine rings is 1. The van der Waals surface area contributed by atoms with Gasteiger partial charge >= 0.3 is 0 Å². The quantitative estimate of drug-likeness (QED) is 0.813. The van der Waals surface area contributed by atoms with E-state index in [4.69, 9.17) is 15.5 Å². The van der Waals surface area contributed by atoms with Gasteiger partial charge in [0.1, 0.15) is 0 Å². The van der Waals surface area contributed by atoms with Crippen molar-refractivity contribution in [2.24, 2.45) is 5.92 Å². The molecule has 0 radical (unpaired) electrons. The minimum atomic E-state index is -0.190. The summed E-state index contributed by atoms with van der Waals surface area (Å²) in [6.07, 6.45) is 4.27. The summed E-state index contributed by atoms with van der Waals surface area (Å²) in [6, 6.07) is 8.17. The van der Waals surface area contributed by atoms with Gasteiger partial charge in [-0.25, -0.2) is 0 Å². The summed E-state index contributed by atoms with van der Waals surface area (Å²) in [5.41, 5.74) is 12.1. The van der Waals surface area contributed by atoms with Crippen LogP contribution >= 0.6 is 0 Å². The molecule has 2 N–H and O–H groups in total. The van der Waals surface area contributed by atoms with Gasteiger partial charge in [0.25, 0.3) is 0 Å². The number of para-hydroxylation sites is 1. The number of anilines is 1. The van der Waals surface area contributed by atoms with E-state index in [2.05, 4.69) is 26.0 Å². The molecule has 3 atom stereocenters. The molecule has 4 rings (SSSR count). The molecule has 2 aromatic rings. The van der Waals surface area contributed by atoms with Crippen LogP contribution in [0.25, 0.3) is 10.9 Å². The Morgan fingerprint density at radius 2 is 2.05 bits per heavy atom. The molecule has 1 aromatic heterocycles. The molecule has 0 amide bonds. The molecule has 2 aliphatic carbocycles. The third kappa shape index (κ3) is 1.69. The number of benzene rings is 1.